The van der Waals surface area contributed by atoms with Crippen molar-refractivity contribution in [3.8, 4) is 0 Å². The average Bonchev–Trinajstić information content (AvgIpc) is 3.26. The van der Waals surface area contributed by atoms with Gasteiger partial charge in [-0.05, 0) is 18.9 Å². The van der Waals surface area contributed by atoms with Gasteiger partial charge in [-0.2, -0.15) is 9.46 Å². The minimum absolute atomic E-state index is 0.225. The fourth-order valence-electron chi connectivity index (χ4n) is 3.01. The molecular formula is C17H20N6O3S. The van der Waals surface area contributed by atoms with Gasteiger partial charge in [0, 0.05) is 24.4 Å². The lowest BCUT2D eigenvalue weighted by Crippen LogP contribution is -2.39. The smallest absolute Gasteiger partial charge is 0.272 e. The Kier molecular flexibility index (Phi) is 4.10. The van der Waals surface area contributed by atoms with Gasteiger partial charge in [0.15, 0.2) is 0 Å². The highest BCUT2D eigenvalue weighted by Crippen LogP contribution is 2.46. The lowest BCUT2D eigenvalue weighted by atomic mass is 10.1. The third kappa shape index (κ3) is 3.25. The molecule has 0 aromatic carbocycles. The molecule has 0 bridgehead atoms. The first-order chi connectivity index (χ1) is 12.8. The van der Waals surface area contributed by atoms with Gasteiger partial charge < -0.3 is 4.90 Å². The van der Waals surface area contributed by atoms with E-state index in [1.165, 1.54) is 25.0 Å². The Bertz CT molecular complexity index is 1030. The molecule has 27 heavy (non-hydrogen) atoms. The maximum atomic E-state index is 13.2. The Morgan fingerprint density at radius 2 is 2.07 bits per heavy atom. The summed E-state index contributed by atoms with van der Waals surface area (Å²) >= 11 is 0. The zero-order valence-corrected chi connectivity index (χ0v) is 16.0. The summed E-state index contributed by atoms with van der Waals surface area (Å²) in [5.41, 5.74) is 0.480. The van der Waals surface area contributed by atoms with E-state index < -0.39 is 15.1 Å². The van der Waals surface area contributed by atoms with E-state index in [2.05, 4.69) is 19.4 Å². The maximum absolute atomic E-state index is 13.2. The van der Waals surface area contributed by atoms with Crippen molar-refractivity contribution in [2.24, 2.45) is 9.78 Å². The number of rotatable bonds is 3. The maximum Gasteiger partial charge on any atom is 0.272 e. The second-order valence-electron chi connectivity index (χ2n) is 7.26. The van der Waals surface area contributed by atoms with Crippen molar-refractivity contribution < 1.29 is 13.8 Å². The first kappa shape index (κ1) is 17.8. The monoisotopic (exact) mass is 388 g/mol. The Balaban J connectivity index is 1.64. The predicted molar refractivity (Wildman–Crippen MR) is 96.1 cm³/mol. The molecule has 3 heterocycles. The Hall–Kier alpha value is -2.62. The standard InChI is InChI=1S/C17H20N6O3S/c1-17(4-5-17)16(25)21-27(2,26)14-9-20-23-8-7-22(10-13(14)23)15(24)12-3-6-18-11-19-12/h3,6,9,11H,4-5,7-8,10H2,1-2H3. The van der Waals surface area contributed by atoms with Gasteiger partial charge in [-0.1, -0.05) is 6.92 Å². The number of carbonyl (C=O) groups excluding carboxylic acids is 2. The molecule has 0 N–H and O–H groups in total. The molecule has 10 heteroatoms. The molecule has 1 saturated carbocycles. The van der Waals surface area contributed by atoms with Gasteiger partial charge >= 0.3 is 0 Å². The third-order valence-electron chi connectivity index (χ3n) is 5.10. The SMILES string of the molecule is CC1(C(=O)N=S(C)(=O)c2cnn3c2CN(C(=O)c2ccncn2)CC3)CC1. The summed E-state index contributed by atoms with van der Waals surface area (Å²) < 4.78 is 18.9. The van der Waals surface area contributed by atoms with Crippen molar-refractivity contribution in [1.29, 1.82) is 0 Å². The zero-order valence-electron chi connectivity index (χ0n) is 15.2. The largest absolute Gasteiger partial charge is 0.330 e. The van der Waals surface area contributed by atoms with Crippen LogP contribution in [0.3, 0.4) is 0 Å². The molecule has 1 fully saturated rings. The van der Waals surface area contributed by atoms with Crippen LogP contribution >= 0.6 is 0 Å². The topological polar surface area (TPSA) is 110 Å². The van der Waals surface area contributed by atoms with E-state index in [0.717, 1.165) is 12.8 Å². The molecule has 0 saturated heterocycles. The summed E-state index contributed by atoms with van der Waals surface area (Å²) in [6.07, 6.45) is 7.36. The molecule has 2 aromatic rings. The number of fused-ring (bicyclic) bond motifs is 1. The van der Waals surface area contributed by atoms with Crippen LogP contribution in [-0.4, -0.2) is 53.5 Å². The van der Waals surface area contributed by atoms with E-state index in [1.807, 2.05) is 6.92 Å². The molecule has 4 rings (SSSR count). The molecule has 0 spiro atoms. The Morgan fingerprint density at radius 3 is 2.74 bits per heavy atom. The summed E-state index contributed by atoms with van der Waals surface area (Å²) in [6, 6.07) is 1.56. The molecule has 9 nitrogen and oxygen atoms in total. The molecule has 1 aliphatic heterocycles. The zero-order chi connectivity index (χ0) is 19.2. The lowest BCUT2D eigenvalue weighted by molar-refractivity contribution is -0.122. The number of amides is 2. The van der Waals surface area contributed by atoms with E-state index >= 15 is 0 Å². The number of hydrogen-bond donors (Lipinski definition) is 0. The first-order valence-electron chi connectivity index (χ1n) is 8.67. The third-order valence-corrected chi connectivity index (χ3v) is 6.77. The minimum Gasteiger partial charge on any atom is -0.330 e. The first-order valence-corrected chi connectivity index (χ1v) is 10.6. The van der Waals surface area contributed by atoms with E-state index in [1.54, 1.807) is 15.6 Å². The number of hydrogen-bond acceptors (Lipinski definition) is 6. The normalized spacial score (nSPS) is 19.7. The van der Waals surface area contributed by atoms with Crippen LogP contribution in [-0.2, 0) is 27.6 Å². The van der Waals surface area contributed by atoms with Gasteiger partial charge in [-0.25, -0.2) is 14.2 Å². The van der Waals surface area contributed by atoms with E-state index in [9.17, 15) is 13.8 Å². The van der Waals surface area contributed by atoms with Crippen LogP contribution in [0.15, 0.2) is 34.0 Å². The number of nitrogens with zero attached hydrogens (tertiary/aromatic N) is 6. The van der Waals surface area contributed by atoms with Gasteiger partial charge in [0.25, 0.3) is 11.8 Å². The second-order valence-corrected chi connectivity index (χ2v) is 9.49. The van der Waals surface area contributed by atoms with Gasteiger partial charge in [0.05, 0.1) is 39.6 Å². The fraction of sp³-hybridized carbons (Fsp3) is 0.471. The summed E-state index contributed by atoms with van der Waals surface area (Å²) in [5, 5.41) is 4.28. The molecule has 0 radical (unpaired) electrons. The van der Waals surface area contributed by atoms with Crippen molar-refractivity contribution in [1.82, 2.24) is 24.6 Å². The molecule has 2 amide bonds. The molecular weight excluding hydrogens is 368 g/mol. The van der Waals surface area contributed by atoms with Gasteiger partial charge in [-0.15, -0.1) is 0 Å². The van der Waals surface area contributed by atoms with Gasteiger partial charge in [-0.3, -0.25) is 14.3 Å². The molecule has 1 unspecified atom stereocenters. The summed E-state index contributed by atoms with van der Waals surface area (Å²) in [7, 11) is -2.94. The van der Waals surface area contributed by atoms with Gasteiger partial charge in [0.1, 0.15) is 12.0 Å². The molecule has 1 atom stereocenters. The highest BCUT2D eigenvalue weighted by molar-refractivity contribution is 7.93. The highest BCUT2D eigenvalue weighted by atomic mass is 32.2. The van der Waals surface area contributed by atoms with E-state index in [0.29, 0.717) is 29.4 Å². The second kappa shape index (κ2) is 6.22. The number of aromatic nitrogens is 4. The van der Waals surface area contributed by atoms with Crippen LogP contribution in [0, 0.1) is 5.41 Å². The number of carbonyl (C=O) groups is 2. The van der Waals surface area contributed by atoms with E-state index in [4.69, 9.17) is 0 Å². The summed E-state index contributed by atoms with van der Waals surface area (Å²) in [5.74, 6) is -0.545. The molecule has 2 aliphatic rings. The quantitative estimate of drug-likeness (QED) is 0.779. The highest BCUT2D eigenvalue weighted by Gasteiger charge is 2.45. The van der Waals surface area contributed by atoms with Crippen LogP contribution in [0.25, 0.3) is 0 Å². The van der Waals surface area contributed by atoms with Crippen molar-refractivity contribution in [3.05, 3.63) is 36.2 Å². The Labute approximate surface area is 157 Å². The van der Waals surface area contributed by atoms with Crippen LogP contribution < -0.4 is 0 Å². The van der Waals surface area contributed by atoms with Crippen molar-refractivity contribution in [3.63, 3.8) is 0 Å². The lowest BCUT2D eigenvalue weighted by Gasteiger charge is -2.28. The predicted octanol–water partition coefficient (Wildman–Crippen LogP) is 1.11. The van der Waals surface area contributed by atoms with Gasteiger partial charge in [0.2, 0.25) is 0 Å². The van der Waals surface area contributed by atoms with Crippen LogP contribution in [0.2, 0.25) is 0 Å². The van der Waals surface area contributed by atoms with Crippen molar-refractivity contribution >= 4 is 21.5 Å². The fourth-order valence-corrected chi connectivity index (χ4v) is 4.49. The molecule has 2 aromatic heterocycles. The van der Waals surface area contributed by atoms with Crippen molar-refractivity contribution in [2.75, 3.05) is 12.8 Å². The molecule has 1 aliphatic carbocycles. The minimum atomic E-state index is -2.94. The molecule has 142 valence electrons. The van der Waals surface area contributed by atoms with Crippen LogP contribution in [0.4, 0.5) is 0 Å². The van der Waals surface area contributed by atoms with Crippen molar-refractivity contribution in [2.45, 2.75) is 37.8 Å². The van der Waals surface area contributed by atoms with Crippen LogP contribution in [0.1, 0.15) is 35.9 Å². The van der Waals surface area contributed by atoms with Crippen LogP contribution in [0.5, 0.6) is 0 Å². The summed E-state index contributed by atoms with van der Waals surface area (Å²) in [6.45, 7) is 3.03. The average molecular weight is 388 g/mol. The van der Waals surface area contributed by atoms with E-state index in [-0.39, 0.29) is 18.4 Å². The Morgan fingerprint density at radius 1 is 1.30 bits per heavy atom. The summed E-state index contributed by atoms with van der Waals surface area (Å²) in [4.78, 5) is 34.8.